The van der Waals surface area contributed by atoms with Crippen LogP contribution in [0, 0.1) is 0 Å². The minimum Gasteiger partial charge on any atom is -0.469 e. The first-order valence-corrected chi connectivity index (χ1v) is 10.6. The topological polar surface area (TPSA) is 80.9 Å². The number of alkyl halides is 1. The zero-order valence-corrected chi connectivity index (χ0v) is 17.6. The van der Waals surface area contributed by atoms with Gasteiger partial charge in [0.15, 0.2) is 11.5 Å². The van der Waals surface area contributed by atoms with Crippen molar-refractivity contribution in [2.24, 2.45) is 0 Å². The van der Waals surface area contributed by atoms with E-state index in [9.17, 15) is 9.59 Å². The van der Waals surface area contributed by atoms with Crippen molar-refractivity contribution in [2.75, 3.05) is 19.8 Å². The van der Waals surface area contributed by atoms with Crippen molar-refractivity contribution in [1.29, 1.82) is 0 Å². The second kappa shape index (κ2) is 7.81. The Kier molecular flexibility index (Phi) is 4.98. The first-order valence-electron chi connectivity index (χ1n) is 10.0. The number of fused-ring (bicyclic) bond motifs is 4. The van der Waals surface area contributed by atoms with Gasteiger partial charge in [-0.05, 0) is 35.7 Å². The summed E-state index contributed by atoms with van der Waals surface area (Å²) in [5, 5.41) is 1.08. The number of aromatic amines is 1. The number of ether oxygens (including phenoxy) is 3. The first kappa shape index (κ1) is 19.8. The van der Waals surface area contributed by atoms with Gasteiger partial charge in [0.25, 0.3) is 0 Å². The first-order chi connectivity index (χ1) is 15.1. The number of methoxy groups -OCH3 is 1. The van der Waals surface area contributed by atoms with Crippen LogP contribution in [0.25, 0.3) is 10.9 Å². The number of para-hydroxylation sites is 1. The van der Waals surface area contributed by atoms with Crippen molar-refractivity contribution in [1.82, 2.24) is 9.88 Å². The molecule has 8 heteroatoms. The van der Waals surface area contributed by atoms with Crippen molar-refractivity contribution in [3.05, 3.63) is 59.3 Å². The fourth-order valence-electron chi connectivity index (χ4n) is 4.63. The molecule has 0 unspecified atom stereocenters. The molecule has 0 spiro atoms. The van der Waals surface area contributed by atoms with Gasteiger partial charge in [-0.25, -0.2) is 0 Å². The molecule has 1 aromatic heterocycles. The van der Waals surface area contributed by atoms with Gasteiger partial charge in [0.1, 0.15) is 5.88 Å². The summed E-state index contributed by atoms with van der Waals surface area (Å²) in [5.41, 5.74) is 3.84. The van der Waals surface area contributed by atoms with Crippen LogP contribution in [0.2, 0.25) is 0 Å². The Morgan fingerprint density at radius 2 is 2.00 bits per heavy atom. The third kappa shape index (κ3) is 3.29. The summed E-state index contributed by atoms with van der Waals surface area (Å²) in [4.78, 5) is 30.5. The van der Waals surface area contributed by atoms with Gasteiger partial charge in [0, 0.05) is 22.6 Å². The van der Waals surface area contributed by atoms with Crippen LogP contribution in [0.3, 0.4) is 0 Å². The maximum absolute atomic E-state index is 13.1. The maximum Gasteiger partial charge on any atom is 0.307 e. The standard InChI is InChI=1S/C23H21ClN2O5/c1-29-21(28)10-14-9-16-15-4-2-3-5-17(15)25-22(16)23(26(14)20(27)11-24)13-6-7-18-19(8-13)31-12-30-18/h2-8,14,23,25H,9-12H2,1H3/t14-,23-/m1/s1. The minimum absolute atomic E-state index is 0.0825. The van der Waals surface area contributed by atoms with Gasteiger partial charge in [-0.3, -0.25) is 9.59 Å². The molecule has 1 amide bonds. The maximum atomic E-state index is 13.1. The quantitative estimate of drug-likeness (QED) is 0.495. The molecule has 2 aliphatic rings. The van der Waals surface area contributed by atoms with Crippen LogP contribution >= 0.6 is 11.6 Å². The molecule has 0 fully saturated rings. The number of esters is 1. The van der Waals surface area contributed by atoms with Gasteiger partial charge < -0.3 is 24.1 Å². The van der Waals surface area contributed by atoms with Crippen LogP contribution in [-0.4, -0.2) is 47.6 Å². The van der Waals surface area contributed by atoms with Crippen molar-refractivity contribution in [2.45, 2.75) is 24.9 Å². The van der Waals surface area contributed by atoms with Crippen LogP contribution in [0.1, 0.15) is 29.3 Å². The summed E-state index contributed by atoms with van der Waals surface area (Å²) in [7, 11) is 1.35. The minimum atomic E-state index is -0.452. The molecule has 0 radical (unpaired) electrons. The van der Waals surface area contributed by atoms with Crippen molar-refractivity contribution in [3.63, 3.8) is 0 Å². The number of aromatic nitrogens is 1. The Balaban J connectivity index is 1.71. The van der Waals surface area contributed by atoms with Crippen LogP contribution in [0.4, 0.5) is 0 Å². The largest absolute Gasteiger partial charge is 0.469 e. The van der Waals surface area contributed by atoms with Crippen molar-refractivity contribution < 1.29 is 23.8 Å². The number of nitrogens with one attached hydrogen (secondary N) is 1. The summed E-state index contributed by atoms with van der Waals surface area (Å²) >= 11 is 6.01. The van der Waals surface area contributed by atoms with Crippen molar-refractivity contribution >= 4 is 34.4 Å². The van der Waals surface area contributed by atoms with E-state index in [0.29, 0.717) is 17.9 Å². The Morgan fingerprint density at radius 3 is 2.81 bits per heavy atom. The lowest BCUT2D eigenvalue weighted by molar-refractivity contribution is -0.144. The number of hydrogen-bond donors (Lipinski definition) is 1. The number of H-pyrrole nitrogens is 1. The fraction of sp³-hybridized carbons (Fsp3) is 0.304. The Hall–Kier alpha value is -3.19. The van der Waals surface area contributed by atoms with Crippen LogP contribution in [-0.2, 0) is 20.7 Å². The SMILES string of the molecule is COC(=O)C[C@H]1Cc2c([nH]c3ccccc23)[C@@H](c2ccc3c(c2)OCO3)N1C(=O)CCl. The predicted octanol–water partition coefficient (Wildman–Crippen LogP) is 3.54. The highest BCUT2D eigenvalue weighted by atomic mass is 35.5. The Bertz CT molecular complexity index is 1170. The number of amides is 1. The average Bonchev–Trinajstić information content (AvgIpc) is 3.41. The molecular formula is C23H21ClN2O5. The van der Waals surface area contributed by atoms with Gasteiger partial charge in [0.05, 0.1) is 19.6 Å². The zero-order valence-electron chi connectivity index (χ0n) is 16.9. The van der Waals surface area contributed by atoms with Gasteiger partial charge in [0.2, 0.25) is 12.7 Å². The number of benzene rings is 2. The Labute approximate surface area is 183 Å². The molecule has 0 saturated carbocycles. The summed E-state index contributed by atoms with van der Waals surface area (Å²) < 4.78 is 15.9. The number of nitrogens with zero attached hydrogens (tertiary/aromatic N) is 1. The lowest BCUT2D eigenvalue weighted by Gasteiger charge is -2.42. The molecule has 0 saturated heterocycles. The van der Waals surface area contributed by atoms with Crippen LogP contribution in [0.5, 0.6) is 11.5 Å². The van der Waals surface area contributed by atoms with Gasteiger partial charge in [-0.2, -0.15) is 0 Å². The molecule has 7 nitrogen and oxygen atoms in total. The van der Waals surface area contributed by atoms with Crippen molar-refractivity contribution in [3.8, 4) is 11.5 Å². The van der Waals surface area contributed by atoms with E-state index >= 15 is 0 Å². The van der Waals surface area contributed by atoms with Crippen LogP contribution < -0.4 is 9.47 Å². The second-order valence-electron chi connectivity index (χ2n) is 7.65. The molecule has 2 aromatic carbocycles. The van der Waals surface area contributed by atoms with E-state index in [1.807, 2.05) is 36.4 Å². The summed E-state index contributed by atoms with van der Waals surface area (Å²) in [6, 6.07) is 12.8. The highest BCUT2D eigenvalue weighted by Crippen LogP contribution is 2.44. The van der Waals surface area contributed by atoms with E-state index < -0.39 is 6.04 Å². The average molecular weight is 441 g/mol. The molecule has 1 N–H and O–H groups in total. The smallest absolute Gasteiger partial charge is 0.307 e. The molecule has 0 bridgehead atoms. The number of carbonyl (C=O) groups excluding carboxylic acids is 2. The van der Waals surface area contributed by atoms with E-state index in [4.69, 9.17) is 25.8 Å². The molecule has 2 aliphatic heterocycles. The molecule has 2 atom stereocenters. The lowest BCUT2D eigenvalue weighted by atomic mass is 9.86. The third-order valence-electron chi connectivity index (χ3n) is 5.98. The second-order valence-corrected chi connectivity index (χ2v) is 7.92. The van der Waals surface area contributed by atoms with E-state index in [2.05, 4.69) is 11.1 Å². The van der Waals surface area contributed by atoms with E-state index in [1.54, 1.807) is 4.90 Å². The lowest BCUT2D eigenvalue weighted by Crippen LogP contribution is -2.49. The highest BCUT2D eigenvalue weighted by Gasteiger charge is 2.41. The molecule has 31 heavy (non-hydrogen) atoms. The number of halogens is 1. The monoisotopic (exact) mass is 440 g/mol. The predicted molar refractivity (Wildman–Crippen MR) is 114 cm³/mol. The van der Waals surface area contributed by atoms with E-state index in [-0.39, 0.29) is 37.0 Å². The zero-order chi connectivity index (χ0) is 21.5. The number of hydrogen-bond acceptors (Lipinski definition) is 5. The number of rotatable bonds is 4. The molecule has 0 aliphatic carbocycles. The molecule has 160 valence electrons. The van der Waals surface area contributed by atoms with Gasteiger partial charge in [-0.1, -0.05) is 24.3 Å². The van der Waals surface area contributed by atoms with Crippen LogP contribution in [0.15, 0.2) is 42.5 Å². The molecule has 3 aromatic rings. The number of carbonyl (C=O) groups is 2. The molecular weight excluding hydrogens is 420 g/mol. The van der Waals surface area contributed by atoms with E-state index in [0.717, 1.165) is 27.7 Å². The fourth-order valence-corrected chi connectivity index (χ4v) is 4.77. The molecule has 3 heterocycles. The van der Waals surface area contributed by atoms with Gasteiger partial charge in [-0.15, -0.1) is 11.6 Å². The summed E-state index contributed by atoms with van der Waals surface area (Å²) in [6.45, 7) is 0.163. The molecule has 5 rings (SSSR count). The normalized spacial score (nSPS) is 19.4. The third-order valence-corrected chi connectivity index (χ3v) is 6.20. The van der Waals surface area contributed by atoms with E-state index in [1.165, 1.54) is 7.11 Å². The summed E-state index contributed by atoms with van der Waals surface area (Å²) in [5.74, 6) is 0.489. The van der Waals surface area contributed by atoms with Gasteiger partial charge >= 0.3 is 5.97 Å². The summed E-state index contributed by atoms with van der Waals surface area (Å²) in [6.07, 6.45) is 0.608. The highest BCUT2D eigenvalue weighted by molar-refractivity contribution is 6.27. The Morgan fingerprint density at radius 1 is 1.19 bits per heavy atom.